The fourth-order valence-corrected chi connectivity index (χ4v) is 3.74. The quantitative estimate of drug-likeness (QED) is 0.746. The Morgan fingerprint density at radius 1 is 1.37 bits per heavy atom. The van der Waals surface area contributed by atoms with Crippen molar-refractivity contribution in [3.8, 4) is 0 Å². The molecule has 2 aliphatic carbocycles. The Kier molecular flexibility index (Phi) is 4.50. The number of rotatable bonds is 5. The molecule has 0 unspecified atom stereocenters. The van der Waals surface area contributed by atoms with Gasteiger partial charge in [-0.2, -0.15) is 0 Å². The van der Waals surface area contributed by atoms with E-state index in [9.17, 15) is 4.79 Å². The number of fused-ring (bicyclic) bond motifs is 1. The summed E-state index contributed by atoms with van der Waals surface area (Å²) in [6, 6.07) is 0. The molecule has 0 aliphatic heterocycles. The van der Waals surface area contributed by atoms with Gasteiger partial charge in [0, 0.05) is 13.0 Å². The van der Waals surface area contributed by atoms with Crippen molar-refractivity contribution in [3.63, 3.8) is 0 Å². The maximum atomic E-state index is 11.6. The molecule has 3 atom stereocenters. The SMILES string of the molecule is CC(C)CCO[C@@H](C)[C@H]1CCC2=CC(=O)CC[C@@]21C. The second kappa shape index (κ2) is 5.78. The first-order chi connectivity index (χ1) is 8.93. The summed E-state index contributed by atoms with van der Waals surface area (Å²) in [5, 5.41) is 0. The molecule has 0 bridgehead atoms. The van der Waals surface area contributed by atoms with Crippen LogP contribution >= 0.6 is 0 Å². The number of ether oxygens (including phenoxy) is 1. The van der Waals surface area contributed by atoms with Gasteiger partial charge in [0.25, 0.3) is 0 Å². The first-order valence-corrected chi connectivity index (χ1v) is 7.79. The summed E-state index contributed by atoms with van der Waals surface area (Å²) < 4.78 is 6.07. The summed E-state index contributed by atoms with van der Waals surface area (Å²) in [5.74, 6) is 1.61. The van der Waals surface area contributed by atoms with E-state index in [0.29, 0.717) is 23.7 Å². The highest BCUT2D eigenvalue weighted by Gasteiger charge is 2.47. The average Bonchev–Trinajstić information content (AvgIpc) is 2.66. The molecule has 0 spiro atoms. The van der Waals surface area contributed by atoms with E-state index in [1.54, 1.807) is 0 Å². The van der Waals surface area contributed by atoms with Crippen molar-refractivity contribution < 1.29 is 9.53 Å². The van der Waals surface area contributed by atoms with Gasteiger partial charge in [-0.1, -0.05) is 26.3 Å². The largest absolute Gasteiger partial charge is 0.378 e. The van der Waals surface area contributed by atoms with Crippen molar-refractivity contribution in [2.75, 3.05) is 6.61 Å². The first kappa shape index (κ1) is 14.8. The summed E-state index contributed by atoms with van der Waals surface area (Å²) >= 11 is 0. The number of carbonyl (C=O) groups excluding carboxylic acids is 1. The topological polar surface area (TPSA) is 26.3 Å². The van der Waals surface area contributed by atoms with Crippen LogP contribution in [0.25, 0.3) is 0 Å². The van der Waals surface area contributed by atoms with E-state index in [1.807, 2.05) is 6.08 Å². The van der Waals surface area contributed by atoms with Crippen molar-refractivity contribution in [2.24, 2.45) is 17.3 Å². The molecule has 19 heavy (non-hydrogen) atoms. The van der Waals surface area contributed by atoms with Crippen LogP contribution in [0.2, 0.25) is 0 Å². The van der Waals surface area contributed by atoms with Crippen LogP contribution < -0.4 is 0 Å². The van der Waals surface area contributed by atoms with Gasteiger partial charge < -0.3 is 4.74 Å². The van der Waals surface area contributed by atoms with Gasteiger partial charge in [-0.05, 0) is 55.9 Å². The van der Waals surface area contributed by atoms with E-state index >= 15 is 0 Å². The number of hydrogen-bond acceptors (Lipinski definition) is 2. The highest BCUT2D eigenvalue weighted by molar-refractivity contribution is 5.91. The Morgan fingerprint density at radius 2 is 2.11 bits per heavy atom. The van der Waals surface area contributed by atoms with Crippen LogP contribution in [0.1, 0.15) is 59.8 Å². The zero-order valence-corrected chi connectivity index (χ0v) is 12.9. The van der Waals surface area contributed by atoms with E-state index in [0.717, 1.165) is 32.3 Å². The van der Waals surface area contributed by atoms with Gasteiger partial charge in [0.05, 0.1) is 6.10 Å². The molecular formula is C17H28O2. The van der Waals surface area contributed by atoms with Crippen molar-refractivity contribution >= 4 is 5.78 Å². The number of allylic oxidation sites excluding steroid dienone is 2. The van der Waals surface area contributed by atoms with Crippen LogP contribution in [-0.4, -0.2) is 18.5 Å². The number of ketones is 1. The molecule has 0 aromatic heterocycles. The molecule has 1 fully saturated rings. The molecule has 1 saturated carbocycles. The summed E-state index contributed by atoms with van der Waals surface area (Å²) in [6.07, 6.45) is 7.36. The van der Waals surface area contributed by atoms with Crippen molar-refractivity contribution in [2.45, 2.75) is 65.9 Å². The Balaban J connectivity index is 1.98. The molecule has 0 radical (unpaired) electrons. The van der Waals surface area contributed by atoms with Gasteiger partial charge in [0.1, 0.15) is 0 Å². The highest BCUT2D eigenvalue weighted by atomic mass is 16.5. The highest BCUT2D eigenvalue weighted by Crippen LogP contribution is 2.53. The lowest BCUT2D eigenvalue weighted by Crippen LogP contribution is -2.35. The Labute approximate surface area is 117 Å². The standard InChI is InChI=1S/C17H28O2/c1-12(2)8-10-19-13(3)16-6-5-14-11-15(18)7-9-17(14,16)4/h11-13,16H,5-10H2,1-4H3/t13-,16+,17-/m0/s1. The predicted molar refractivity (Wildman–Crippen MR) is 78.0 cm³/mol. The van der Waals surface area contributed by atoms with Gasteiger partial charge >= 0.3 is 0 Å². The van der Waals surface area contributed by atoms with Crippen molar-refractivity contribution in [1.29, 1.82) is 0 Å². The monoisotopic (exact) mass is 264 g/mol. The lowest BCUT2D eigenvalue weighted by Gasteiger charge is -2.38. The minimum Gasteiger partial charge on any atom is -0.378 e. The van der Waals surface area contributed by atoms with Crippen molar-refractivity contribution in [3.05, 3.63) is 11.6 Å². The first-order valence-electron chi connectivity index (χ1n) is 7.79. The van der Waals surface area contributed by atoms with Gasteiger partial charge in [0.2, 0.25) is 0 Å². The van der Waals surface area contributed by atoms with Gasteiger partial charge in [0.15, 0.2) is 5.78 Å². The van der Waals surface area contributed by atoms with E-state index in [2.05, 4.69) is 27.7 Å². The molecular weight excluding hydrogens is 236 g/mol. The molecule has 2 nitrogen and oxygen atoms in total. The Hall–Kier alpha value is -0.630. The molecule has 0 aromatic carbocycles. The zero-order valence-electron chi connectivity index (χ0n) is 12.9. The summed E-state index contributed by atoms with van der Waals surface area (Å²) in [7, 11) is 0. The second-order valence-corrected chi connectivity index (χ2v) is 6.96. The maximum absolute atomic E-state index is 11.6. The molecule has 0 saturated heterocycles. The van der Waals surface area contributed by atoms with Gasteiger partial charge in [-0.15, -0.1) is 0 Å². The predicted octanol–water partition coefficient (Wildman–Crippen LogP) is 4.14. The van der Waals surface area contributed by atoms with Crippen LogP contribution in [-0.2, 0) is 9.53 Å². The lowest BCUT2D eigenvalue weighted by molar-refractivity contribution is -0.116. The minimum absolute atomic E-state index is 0.213. The van der Waals surface area contributed by atoms with Gasteiger partial charge in [-0.3, -0.25) is 4.79 Å². The Morgan fingerprint density at radius 3 is 2.79 bits per heavy atom. The van der Waals surface area contributed by atoms with Crippen molar-refractivity contribution in [1.82, 2.24) is 0 Å². The van der Waals surface area contributed by atoms with Crippen LogP contribution in [0, 0.1) is 17.3 Å². The fraction of sp³-hybridized carbons (Fsp3) is 0.824. The number of carbonyl (C=O) groups is 1. The third kappa shape index (κ3) is 3.10. The van der Waals surface area contributed by atoms with E-state index in [-0.39, 0.29) is 5.41 Å². The maximum Gasteiger partial charge on any atom is 0.155 e. The minimum atomic E-state index is 0.213. The molecule has 2 aliphatic rings. The van der Waals surface area contributed by atoms with Crippen LogP contribution in [0.3, 0.4) is 0 Å². The fourth-order valence-electron chi connectivity index (χ4n) is 3.74. The zero-order chi connectivity index (χ0) is 14.0. The number of hydrogen-bond donors (Lipinski definition) is 0. The molecule has 2 rings (SSSR count). The van der Waals surface area contributed by atoms with E-state index < -0.39 is 0 Å². The molecule has 0 heterocycles. The molecule has 0 aromatic rings. The van der Waals surface area contributed by atoms with Crippen LogP contribution in [0.15, 0.2) is 11.6 Å². The third-order valence-corrected chi connectivity index (χ3v) is 5.15. The Bertz CT molecular complexity index is 369. The summed E-state index contributed by atoms with van der Waals surface area (Å²) in [4.78, 5) is 11.6. The lowest BCUT2D eigenvalue weighted by atomic mass is 9.69. The normalized spacial score (nSPS) is 32.4. The van der Waals surface area contributed by atoms with Gasteiger partial charge in [-0.25, -0.2) is 0 Å². The summed E-state index contributed by atoms with van der Waals surface area (Å²) in [5.41, 5.74) is 1.60. The molecule has 2 heteroatoms. The molecule has 0 amide bonds. The third-order valence-electron chi connectivity index (χ3n) is 5.15. The van der Waals surface area contributed by atoms with Crippen LogP contribution in [0.5, 0.6) is 0 Å². The van der Waals surface area contributed by atoms with Crippen LogP contribution in [0.4, 0.5) is 0 Å². The average molecular weight is 264 g/mol. The van der Waals surface area contributed by atoms with E-state index in [4.69, 9.17) is 4.74 Å². The van der Waals surface area contributed by atoms with E-state index in [1.165, 1.54) is 12.0 Å². The smallest absolute Gasteiger partial charge is 0.155 e. The molecule has 108 valence electrons. The second-order valence-electron chi connectivity index (χ2n) is 6.96. The summed E-state index contributed by atoms with van der Waals surface area (Å²) in [6.45, 7) is 9.89. The molecule has 0 N–H and O–H groups in total.